The van der Waals surface area contributed by atoms with E-state index in [2.05, 4.69) is 10.8 Å². The second-order valence-corrected chi connectivity index (χ2v) is 7.17. The topological polar surface area (TPSA) is 58.3 Å². The maximum atomic E-state index is 12.7. The summed E-state index contributed by atoms with van der Waals surface area (Å²) in [5.74, 6) is -0.00542. The molecule has 0 saturated heterocycles. The number of amides is 1. The molecule has 0 aliphatic rings. The van der Waals surface area contributed by atoms with Crippen molar-refractivity contribution in [3.8, 4) is 23.1 Å². The first-order chi connectivity index (χ1) is 14.3. The zero-order chi connectivity index (χ0) is 22.0. The van der Waals surface area contributed by atoms with E-state index in [9.17, 15) is 18.8 Å². The quantitative estimate of drug-likeness (QED) is 0.520. The number of nitriles is 1. The fourth-order valence-electron chi connectivity index (χ4n) is 3.79. The minimum absolute atomic E-state index is 0.0320. The van der Waals surface area contributed by atoms with Crippen molar-refractivity contribution in [2.45, 2.75) is 40.3 Å². The van der Waals surface area contributed by atoms with E-state index in [1.165, 1.54) is 19.1 Å². The van der Waals surface area contributed by atoms with Crippen molar-refractivity contribution < 1.29 is 18.3 Å². The van der Waals surface area contributed by atoms with Crippen LogP contribution in [0.4, 0.5) is 14.5 Å². The monoisotopic (exact) mass is 411 g/mol. The summed E-state index contributed by atoms with van der Waals surface area (Å²) in [6.45, 7) is 4.98. The van der Waals surface area contributed by atoms with E-state index in [1.807, 2.05) is 49.6 Å². The lowest BCUT2D eigenvalue weighted by Gasteiger charge is -2.20. The SMILES string of the molecule is CCN(C(C)=O)c1ccc(-c2c(C#N)c3ccc(OC(F)F)cc3n2C(C)C)cc1. The molecule has 0 fully saturated rings. The number of carbonyl (C=O) groups is 1. The summed E-state index contributed by atoms with van der Waals surface area (Å²) < 4.78 is 31.9. The Labute approximate surface area is 174 Å². The van der Waals surface area contributed by atoms with E-state index in [4.69, 9.17) is 0 Å². The molecule has 1 amide bonds. The van der Waals surface area contributed by atoms with Crippen molar-refractivity contribution in [3.63, 3.8) is 0 Å². The molecule has 0 radical (unpaired) electrons. The summed E-state index contributed by atoms with van der Waals surface area (Å²) in [5.41, 5.74) is 3.39. The predicted octanol–water partition coefficient (Wildman–Crippen LogP) is 5.74. The van der Waals surface area contributed by atoms with Crippen LogP contribution in [0.2, 0.25) is 0 Å². The molecule has 0 unspecified atom stereocenters. The summed E-state index contributed by atoms with van der Waals surface area (Å²) in [7, 11) is 0. The van der Waals surface area contributed by atoms with E-state index in [-0.39, 0.29) is 17.7 Å². The number of hydrogen-bond donors (Lipinski definition) is 0. The van der Waals surface area contributed by atoms with Gasteiger partial charge in [0.2, 0.25) is 5.91 Å². The minimum Gasteiger partial charge on any atom is -0.435 e. The molecule has 30 heavy (non-hydrogen) atoms. The van der Waals surface area contributed by atoms with Gasteiger partial charge in [0.25, 0.3) is 0 Å². The normalized spacial score (nSPS) is 11.2. The van der Waals surface area contributed by atoms with Gasteiger partial charge in [0.05, 0.1) is 16.8 Å². The maximum absolute atomic E-state index is 12.7. The van der Waals surface area contributed by atoms with Gasteiger partial charge in [0.1, 0.15) is 11.8 Å². The van der Waals surface area contributed by atoms with Gasteiger partial charge in [-0.3, -0.25) is 4.79 Å². The molecule has 0 atom stereocenters. The first kappa shape index (κ1) is 21.3. The maximum Gasteiger partial charge on any atom is 0.387 e. The van der Waals surface area contributed by atoms with Crippen molar-refractivity contribution in [1.82, 2.24) is 4.57 Å². The summed E-state index contributed by atoms with van der Waals surface area (Å²) in [6, 6.07) is 14.3. The molecule has 3 aromatic rings. The molecule has 3 rings (SSSR count). The van der Waals surface area contributed by atoms with Crippen LogP contribution < -0.4 is 9.64 Å². The average Bonchev–Trinajstić information content (AvgIpc) is 3.02. The summed E-state index contributed by atoms with van der Waals surface area (Å²) in [4.78, 5) is 13.5. The van der Waals surface area contributed by atoms with Crippen LogP contribution in [0.5, 0.6) is 5.75 Å². The second-order valence-electron chi connectivity index (χ2n) is 7.17. The van der Waals surface area contributed by atoms with Gasteiger partial charge in [-0.25, -0.2) is 0 Å². The highest BCUT2D eigenvalue weighted by atomic mass is 19.3. The van der Waals surface area contributed by atoms with Crippen LogP contribution in [-0.4, -0.2) is 23.6 Å². The number of ether oxygens (including phenoxy) is 1. The molecule has 0 aliphatic carbocycles. The minimum atomic E-state index is -2.92. The molecule has 0 spiro atoms. The molecule has 1 heterocycles. The predicted molar refractivity (Wildman–Crippen MR) is 113 cm³/mol. The number of benzene rings is 2. The standard InChI is InChI=1S/C23H23F2N3O2/c1-5-27(15(4)29)17-8-6-16(7-9-17)22-20(13-26)19-11-10-18(30-23(24)25)12-21(19)28(22)14(2)3/h6-12,14,23H,5H2,1-4H3. The molecule has 1 aromatic heterocycles. The van der Waals surface area contributed by atoms with Gasteiger partial charge in [0, 0.05) is 36.7 Å². The fraction of sp³-hybridized carbons (Fsp3) is 0.304. The van der Waals surface area contributed by atoms with Crippen LogP contribution >= 0.6 is 0 Å². The van der Waals surface area contributed by atoms with Gasteiger partial charge in [0.15, 0.2) is 0 Å². The van der Waals surface area contributed by atoms with Crippen LogP contribution in [0.1, 0.15) is 39.3 Å². The van der Waals surface area contributed by atoms with Gasteiger partial charge in [-0.2, -0.15) is 14.0 Å². The third kappa shape index (κ3) is 3.86. The number of fused-ring (bicyclic) bond motifs is 1. The lowest BCUT2D eigenvalue weighted by atomic mass is 10.1. The Hall–Kier alpha value is -3.40. The van der Waals surface area contributed by atoms with Gasteiger partial charge in [-0.15, -0.1) is 0 Å². The van der Waals surface area contributed by atoms with Crippen molar-refractivity contribution in [1.29, 1.82) is 5.26 Å². The van der Waals surface area contributed by atoms with Crippen LogP contribution in [0.15, 0.2) is 42.5 Å². The Morgan fingerprint density at radius 2 is 1.87 bits per heavy atom. The lowest BCUT2D eigenvalue weighted by Crippen LogP contribution is -2.27. The van der Waals surface area contributed by atoms with Crippen LogP contribution in [-0.2, 0) is 4.79 Å². The van der Waals surface area contributed by atoms with E-state index in [1.54, 1.807) is 11.0 Å². The first-order valence-corrected chi connectivity index (χ1v) is 9.69. The van der Waals surface area contributed by atoms with Crippen molar-refractivity contribution in [3.05, 3.63) is 48.0 Å². The number of halogens is 2. The highest BCUT2D eigenvalue weighted by molar-refractivity contribution is 5.96. The Bertz CT molecular complexity index is 1110. The Morgan fingerprint density at radius 1 is 1.20 bits per heavy atom. The van der Waals surface area contributed by atoms with E-state index in [0.717, 1.165) is 11.3 Å². The zero-order valence-electron chi connectivity index (χ0n) is 17.3. The van der Waals surface area contributed by atoms with Gasteiger partial charge < -0.3 is 14.2 Å². The Balaban J connectivity index is 2.21. The lowest BCUT2D eigenvalue weighted by molar-refractivity contribution is -0.116. The van der Waals surface area contributed by atoms with E-state index < -0.39 is 6.61 Å². The molecule has 0 saturated carbocycles. The molecule has 0 bridgehead atoms. The first-order valence-electron chi connectivity index (χ1n) is 9.69. The molecule has 2 aromatic carbocycles. The Kier molecular flexibility index (Phi) is 6.06. The molecular weight excluding hydrogens is 388 g/mol. The zero-order valence-corrected chi connectivity index (χ0v) is 17.3. The molecular formula is C23H23F2N3O2. The highest BCUT2D eigenvalue weighted by Gasteiger charge is 2.22. The summed E-state index contributed by atoms with van der Waals surface area (Å²) in [6.07, 6.45) is 0. The van der Waals surface area contributed by atoms with Crippen LogP contribution in [0.25, 0.3) is 22.2 Å². The van der Waals surface area contributed by atoms with Crippen LogP contribution in [0.3, 0.4) is 0 Å². The number of nitrogens with zero attached hydrogens (tertiary/aromatic N) is 3. The van der Waals surface area contributed by atoms with E-state index >= 15 is 0 Å². The second kappa shape index (κ2) is 8.54. The fourth-order valence-corrected chi connectivity index (χ4v) is 3.79. The third-order valence-corrected chi connectivity index (χ3v) is 4.98. The molecule has 0 N–H and O–H groups in total. The van der Waals surface area contributed by atoms with Crippen molar-refractivity contribution in [2.24, 2.45) is 0 Å². The molecule has 5 nitrogen and oxygen atoms in total. The summed E-state index contributed by atoms with van der Waals surface area (Å²) >= 11 is 0. The molecule has 7 heteroatoms. The number of rotatable bonds is 6. The van der Waals surface area contributed by atoms with Crippen LogP contribution in [0, 0.1) is 11.3 Å². The highest BCUT2D eigenvalue weighted by Crippen LogP contribution is 2.38. The van der Waals surface area contributed by atoms with Crippen molar-refractivity contribution >= 4 is 22.5 Å². The molecule has 156 valence electrons. The van der Waals surface area contributed by atoms with Gasteiger partial charge in [-0.05, 0) is 50.6 Å². The van der Waals surface area contributed by atoms with Crippen molar-refractivity contribution in [2.75, 3.05) is 11.4 Å². The number of alkyl halides is 2. The third-order valence-electron chi connectivity index (χ3n) is 4.98. The average molecular weight is 411 g/mol. The molecule has 0 aliphatic heterocycles. The number of carbonyl (C=O) groups excluding carboxylic acids is 1. The van der Waals surface area contributed by atoms with Gasteiger partial charge in [-0.1, -0.05) is 12.1 Å². The largest absolute Gasteiger partial charge is 0.435 e. The number of anilines is 1. The summed E-state index contributed by atoms with van der Waals surface area (Å²) in [5, 5.41) is 10.5. The number of aromatic nitrogens is 1. The Morgan fingerprint density at radius 3 is 2.37 bits per heavy atom. The number of hydrogen-bond acceptors (Lipinski definition) is 3. The van der Waals surface area contributed by atoms with Gasteiger partial charge >= 0.3 is 6.61 Å². The van der Waals surface area contributed by atoms with E-state index in [0.29, 0.717) is 28.7 Å². The smallest absolute Gasteiger partial charge is 0.387 e.